The van der Waals surface area contributed by atoms with Crippen LogP contribution in [0, 0.1) is 0 Å². The van der Waals surface area contributed by atoms with Gasteiger partial charge in [-0.15, -0.1) is 0 Å². The molecule has 0 aliphatic heterocycles. The van der Waals surface area contributed by atoms with Gasteiger partial charge in [0, 0.05) is 17.7 Å². The van der Waals surface area contributed by atoms with Gasteiger partial charge in [-0.2, -0.15) is 0 Å². The number of hydrogen-bond donors (Lipinski definition) is 1. The molecule has 2 aromatic carbocycles. The molecule has 0 amide bonds. The normalized spacial score (nSPS) is 10.1. The number of nitrogen functional groups attached to an aromatic ring is 1. The Kier molecular flexibility index (Phi) is 3.55. The lowest BCUT2D eigenvalue weighted by Crippen LogP contribution is -2.04. The van der Waals surface area contributed by atoms with Crippen molar-refractivity contribution >= 4 is 11.5 Å². The molecule has 2 rings (SSSR count). The lowest BCUT2D eigenvalue weighted by molar-refractivity contribution is 0.0983. The van der Waals surface area contributed by atoms with Gasteiger partial charge in [-0.3, -0.25) is 4.79 Å². The van der Waals surface area contributed by atoms with E-state index in [1.54, 1.807) is 12.1 Å². The van der Waals surface area contributed by atoms with Crippen molar-refractivity contribution in [2.45, 2.75) is 12.8 Å². The van der Waals surface area contributed by atoms with Crippen molar-refractivity contribution < 1.29 is 4.79 Å². The topological polar surface area (TPSA) is 43.1 Å². The number of Topliss-reactive ketones (excluding diaryl/α,β-unsaturated/α-hetero) is 1. The van der Waals surface area contributed by atoms with Crippen LogP contribution in [0.3, 0.4) is 0 Å². The first-order valence-corrected chi connectivity index (χ1v) is 5.69. The smallest absolute Gasteiger partial charge is 0.165 e. The molecule has 0 atom stereocenters. The van der Waals surface area contributed by atoms with Crippen LogP contribution in [0.25, 0.3) is 0 Å². The minimum absolute atomic E-state index is 0.104. The second kappa shape index (κ2) is 5.30. The van der Waals surface area contributed by atoms with Crippen LogP contribution in [0.15, 0.2) is 54.6 Å². The molecule has 2 heteroatoms. The maximum Gasteiger partial charge on any atom is 0.165 e. The van der Waals surface area contributed by atoms with Crippen LogP contribution in [-0.4, -0.2) is 5.78 Å². The van der Waals surface area contributed by atoms with Crippen molar-refractivity contribution in [1.29, 1.82) is 0 Å². The molecule has 0 aliphatic rings. The summed E-state index contributed by atoms with van der Waals surface area (Å²) in [6.45, 7) is 0. The molecule has 0 saturated heterocycles. The van der Waals surface area contributed by atoms with E-state index in [1.807, 2.05) is 42.5 Å². The SMILES string of the molecule is Nc1ccccc1C(=O)CCc1ccccc1. The maximum atomic E-state index is 12.0. The number of ketones is 1. The van der Waals surface area contributed by atoms with Gasteiger partial charge < -0.3 is 5.73 Å². The fraction of sp³-hybridized carbons (Fsp3) is 0.133. The molecular weight excluding hydrogens is 210 g/mol. The Balaban J connectivity index is 2.01. The lowest BCUT2D eigenvalue weighted by Gasteiger charge is -2.04. The summed E-state index contributed by atoms with van der Waals surface area (Å²) in [7, 11) is 0. The molecule has 0 unspecified atom stereocenters. The Bertz CT molecular complexity index is 505. The predicted octanol–water partition coefficient (Wildman–Crippen LogP) is 3.08. The molecule has 2 N–H and O–H groups in total. The Morgan fingerprint density at radius 1 is 0.941 bits per heavy atom. The molecule has 0 spiro atoms. The summed E-state index contributed by atoms with van der Waals surface area (Å²) in [5.74, 6) is 0.104. The van der Waals surface area contributed by atoms with Crippen molar-refractivity contribution in [3.05, 3.63) is 65.7 Å². The van der Waals surface area contributed by atoms with Crippen LogP contribution in [0.4, 0.5) is 5.69 Å². The van der Waals surface area contributed by atoms with E-state index >= 15 is 0 Å². The van der Waals surface area contributed by atoms with Gasteiger partial charge in [0.05, 0.1) is 0 Å². The average molecular weight is 225 g/mol. The van der Waals surface area contributed by atoms with Crippen LogP contribution < -0.4 is 5.73 Å². The number of carbonyl (C=O) groups excluding carboxylic acids is 1. The molecule has 0 fully saturated rings. The number of hydrogen-bond acceptors (Lipinski definition) is 2. The third-order valence-corrected chi connectivity index (χ3v) is 2.74. The summed E-state index contributed by atoms with van der Waals surface area (Å²) >= 11 is 0. The van der Waals surface area contributed by atoms with Gasteiger partial charge in [-0.25, -0.2) is 0 Å². The largest absolute Gasteiger partial charge is 0.398 e. The molecule has 0 saturated carbocycles. The molecule has 2 aromatic rings. The molecule has 0 radical (unpaired) electrons. The highest BCUT2D eigenvalue weighted by molar-refractivity contribution is 6.00. The average Bonchev–Trinajstić information content (AvgIpc) is 2.38. The Labute approximate surface area is 101 Å². The third-order valence-electron chi connectivity index (χ3n) is 2.74. The summed E-state index contributed by atoms with van der Waals surface area (Å²) in [5, 5.41) is 0. The summed E-state index contributed by atoms with van der Waals surface area (Å²) in [4.78, 5) is 12.0. The van der Waals surface area contributed by atoms with Crippen LogP contribution >= 0.6 is 0 Å². The molecule has 0 heterocycles. The summed E-state index contributed by atoms with van der Waals surface area (Å²) in [5.41, 5.74) is 8.13. The number of carbonyl (C=O) groups is 1. The highest BCUT2D eigenvalue weighted by atomic mass is 16.1. The molecule has 0 aliphatic carbocycles. The lowest BCUT2D eigenvalue weighted by atomic mass is 10.0. The Hall–Kier alpha value is -2.09. The van der Waals surface area contributed by atoms with Gasteiger partial charge in [0.2, 0.25) is 0 Å². The first-order chi connectivity index (χ1) is 8.27. The minimum atomic E-state index is 0.104. The van der Waals surface area contributed by atoms with Gasteiger partial charge >= 0.3 is 0 Å². The number of nitrogens with two attached hydrogens (primary N) is 1. The number of benzene rings is 2. The van der Waals surface area contributed by atoms with Gasteiger partial charge in [-0.05, 0) is 24.1 Å². The highest BCUT2D eigenvalue weighted by Crippen LogP contribution is 2.14. The van der Waals surface area contributed by atoms with Crippen molar-refractivity contribution in [3.63, 3.8) is 0 Å². The monoisotopic (exact) mass is 225 g/mol. The molecule has 17 heavy (non-hydrogen) atoms. The zero-order valence-corrected chi connectivity index (χ0v) is 9.60. The highest BCUT2D eigenvalue weighted by Gasteiger charge is 2.08. The minimum Gasteiger partial charge on any atom is -0.398 e. The number of anilines is 1. The van der Waals surface area contributed by atoms with E-state index in [1.165, 1.54) is 5.56 Å². The molecule has 0 bridgehead atoms. The van der Waals surface area contributed by atoms with Crippen molar-refractivity contribution in [1.82, 2.24) is 0 Å². The van der Waals surface area contributed by atoms with Gasteiger partial charge in [0.15, 0.2) is 5.78 Å². The maximum absolute atomic E-state index is 12.0. The summed E-state index contributed by atoms with van der Waals surface area (Å²) < 4.78 is 0. The quantitative estimate of drug-likeness (QED) is 0.642. The Morgan fingerprint density at radius 2 is 1.59 bits per heavy atom. The summed E-state index contributed by atoms with van der Waals surface area (Å²) in [6, 6.07) is 17.2. The number of para-hydroxylation sites is 1. The van der Waals surface area contributed by atoms with E-state index in [9.17, 15) is 4.79 Å². The standard InChI is InChI=1S/C15H15NO/c16-14-9-5-4-8-13(14)15(17)11-10-12-6-2-1-3-7-12/h1-9H,10-11,16H2. The van der Waals surface area contributed by atoms with Gasteiger partial charge in [0.25, 0.3) is 0 Å². The van der Waals surface area contributed by atoms with Crippen molar-refractivity contribution in [2.24, 2.45) is 0 Å². The Morgan fingerprint density at radius 3 is 2.29 bits per heavy atom. The molecule has 0 aromatic heterocycles. The first-order valence-electron chi connectivity index (χ1n) is 5.69. The van der Waals surface area contributed by atoms with Crippen molar-refractivity contribution in [2.75, 3.05) is 5.73 Å². The van der Waals surface area contributed by atoms with E-state index in [-0.39, 0.29) is 5.78 Å². The van der Waals surface area contributed by atoms with Crippen LogP contribution in [-0.2, 0) is 6.42 Å². The second-order valence-corrected chi connectivity index (χ2v) is 4.00. The number of rotatable bonds is 4. The second-order valence-electron chi connectivity index (χ2n) is 4.00. The van der Waals surface area contributed by atoms with E-state index < -0.39 is 0 Å². The van der Waals surface area contributed by atoms with E-state index in [2.05, 4.69) is 0 Å². The van der Waals surface area contributed by atoms with E-state index in [4.69, 9.17) is 5.73 Å². The zero-order chi connectivity index (χ0) is 12.1. The van der Waals surface area contributed by atoms with Crippen molar-refractivity contribution in [3.8, 4) is 0 Å². The molecule has 2 nitrogen and oxygen atoms in total. The predicted molar refractivity (Wildman–Crippen MR) is 69.9 cm³/mol. The van der Waals surface area contributed by atoms with E-state index in [0.717, 1.165) is 6.42 Å². The summed E-state index contributed by atoms with van der Waals surface area (Å²) in [6.07, 6.45) is 1.26. The zero-order valence-electron chi connectivity index (χ0n) is 9.60. The fourth-order valence-electron chi connectivity index (χ4n) is 1.79. The fourth-order valence-corrected chi connectivity index (χ4v) is 1.79. The molecule has 86 valence electrons. The first kappa shape index (κ1) is 11.4. The van der Waals surface area contributed by atoms with Gasteiger partial charge in [-0.1, -0.05) is 42.5 Å². The van der Waals surface area contributed by atoms with Gasteiger partial charge in [0.1, 0.15) is 0 Å². The molecular formula is C15H15NO. The van der Waals surface area contributed by atoms with Crippen LogP contribution in [0.5, 0.6) is 0 Å². The third kappa shape index (κ3) is 2.94. The van der Waals surface area contributed by atoms with Crippen LogP contribution in [0.1, 0.15) is 22.3 Å². The van der Waals surface area contributed by atoms with E-state index in [0.29, 0.717) is 17.7 Å². The van der Waals surface area contributed by atoms with Crippen LogP contribution in [0.2, 0.25) is 0 Å². The number of aryl methyl sites for hydroxylation is 1.